The summed E-state index contributed by atoms with van der Waals surface area (Å²) in [4.78, 5) is 27.7. The van der Waals surface area contributed by atoms with Gasteiger partial charge in [-0.15, -0.1) is 0 Å². The second kappa shape index (κ2) is 9.37. The van der Waals surface area contributed by atoms with Crippen LogP contribution in [-0.2, 0) is 27.5 Å². The maximum atomic E-state index is 13.3. The molecule has 0 saturated carbocycles. The Balaban J connectivity index is 2.07. The van der Waals surface area contributed by atoms with Crippen LogP contribution in [0.3, 0.4) is 0 Å². The number of carboxylic acids is 1. The summed E-state index contributed by atoms with van der Waals surface area (Å²) in [7, 11) is 0. The van der Waals surface area contributed by atoms with Crippen LogP contribution in [0.5, 0.6) is 0 Å². The van der Waals surface area contributed by atoms with E-state index >= 15 is 0 Å². The van der Waals surface area contributed by atoms with E-state index in [4.69, 9.17) is 9.94 Å². The number of rotatable bonds is 9. The first-order valence-electron chi connectivity index (χ1n) is 7.73. The van der Waals surface area contributed by atoms with Gasteiger partial charge in [-0.05, 0) is 29.7 Å². The SMILES string of the molecule is O=C=C(CC(=O)O)N(CCc1cccc(F)c1)OCc1ccccc1. The lowest BCUT2D eigenvalue weighted by Crippen LogP contribution is -2.27. The Morgan fingerprint density at radius 1 is 1.12 bits per heavy atom. The van der Waals surface area contributed by atoms with E-state index in [0.717, 1.165) is 5.56 Å². The quantitative estimate of drug-likeness (QED) is 0.560. The molecule has 2 aromatic rings. The molecule has 0 amide bonds. The molecule has 0 unspecified atom stereocenters. The van der Waals surface area contributed by atoms with Crippen molar-refractivity contribution in [1.29, 1.82) is 0 Å². The van der Waals surface area contributed by atoms with Crippen LogP contribution in [0.2, 0.25) is 0 Å². The first kappa shape index (κ1) is 18.4. The number of hydroxylamine groups is 2. The highest BCUT2D eigenvalue weighted by Gasteiger charge is 2.16. The Labute approximate surface area is 144 Å². The van der Waals surface area contributed by atoms with E-state index in [2.05, 4.69) is 0 Å². The van der Waals surface area contributed by atoms with Gasteiger partial charge in [0.25, 0.3) is 0 Å². The van der Waals surface area contributed by atoms with Crippen LogP contribution in [0, 0.1) is 5.82 Å². The van der Waals surface area contributed by atoms with E-state index in [-0.39, 0.29) is 24.7 Å². The van der Waals surface area contributed by atoms with E-state index in [1.807, 2.05) is 30.3 Å². The molecule has 0 spiro atoms. The molecule has 0 atom stereocenters. The molecule has 25 heavy (non-hydrogen) atoms. The van der Waals surface area contributed by atoms with E-state index in [0.29, 0.717) is 12.0 Å². The van der Waals surface area contributed by atoms with Crippen molar-refractivity contribution in [1.82, 2.24) is 5.06 Å². The van der Waals surface area contributed by atoms with Gasteiger partial charge in [0.1, 0.15) is 17.5 Å². The van der Waals surface area contributed by atoms with E-state index in [1.165, 1.54) is 17.2 Å². The average Bonchev–Trinajstić information content (AvgIpc) is 2.61. The van der Waals surface area contributed by atoms with Gasteiger partial charge in [0.2, 0.25) is 0 Å². The molecule has 0 bridgehead atoms. The van der Waals surface area contributed by atoms with Gasteiger partial charge < -0.3 is 5.11 Å². The molecule has 0 saturated heterocycles. The summed E-state index contributed by atoms with van der Waals surface area (Å²) < 4.78 is 13.3. The van der Waals surface area contributed by atoms with Gasteiger partial charge in [-0.2, -0.15) is 0 Å². The van der Waals surface area contributed by atoms with Crippen LogP contribution < -0.4 is 0 Å². The number of nitrogens with zero attached hydrogens (tertiary/aromatic N) is 1. The van der Waals surface area contributed by atoms with Gasteiger partial charge in [0, 0.05) is 0 Å². The molecule has 5 nitrogen and oxygen atoms in total. The zero-order valence-electron chi connectivity index (χ0n) is 13.5. The first-order valence-corrected chi connectivity index (χ1v) is 7.73. The standard InChI is InChI=1S/C19H18FNO4/c20-17-8-4-7-15(11-17)9-10-21(18(13-22)12-19(23)24)25-14-16-5-2-1-3-6-16/h1-8,11H,9-10,12,14H2,(H,23,24). The number of carbonyl (C=O) groups is 1. The highest BCUT2D eigenvalue weighted by atomic mass is 19.1. The van der Waals surface area contributed by atoms with Crippen LogP contribution in [-0.4, -0.2) is 28.6 Å². The summed E-state index contributed by atoms with van der Waals surface area (Å²) in [6, 6.07) is 15.3. The van der Waals surface area contributed by atoms with Crippen LogP contribution in [0.15, 0.2) is 60.3 Å². The lowest BCUT2D eigenvalue weighted by atomic mass is 10.1. The number of aliphatic carboxylic acids is 1. The molecular weight excluding hydrogens is 325 g/mol. The second-order valence-electron chi connectivity index (χ2n) is 5.36. The number of benzene rings is 2. The number of hydrogen-bond donors (Lipinski definition) is 1. The fraction of sp³-hybridized carbons (Fsp3) is 0.211. The Kier molecular flexibility index (Phi) is 6.89. The minimum atomic E-state index is -1.16. The molecule has 0 aliphatic heterocycles. The summed E-state index contributed by atoms with van der Waals surface area (Å²) >= 11 is 0. The van der Waals surface area contributed by atoms with Crippen molar-refractivity contribution in [2.75, 3.05) is 6.54 Å². The molecule has 2 aromatic carbocycles. The lowest BCUT2D eigenvalue weighted by molar-refractivity contribution is -0.151. The fourth-order valence-electron chi connectivity index (χ4n) is 2.25. The topological polar surface area (TPSA) is 66.8 Å². The summed E-state index contributed by atoms with van der Waals surface area (Å²) in [5.41, 5.74) is 1.48. The number of halogens is 1. The lowest BCUT2D eigenvalue weighted by Gasteiger charge is -2.23. The van der Waals surface area contributed by atoms with Crippen LogP contribution >= 0.6 is 0 Å². The number of carbonyl (C=O) groups excluding carboxylic acids is 1. The molecule has 0 heterocycles. The number of carboxylic acid groups (broad SMARTS) is 1. The Bertz CT molecular complexity index is 757. The third-order valence-corrected chi connectivity index (χ3v) is 3.46. The van der Waals surface area contributed by atoms with Gasteiger partial charge in [0.05, 0.1) is 19.6 Å². The largest absolute Gasteiger partial charge is 0.481 e. The molecule has 0 aliphatic rings. The Morgan fingerprint density at radius 2 is 1.84 bits per heavy atom. The van der Waals surface area contributed by atoms with Crippen molar-refractivity contribution in [3.63, 3.8) is 0 Å². The highest BCUT2D eigenvalue weighted by Crippen LogP contribution is 2.13. The van der Waals surface area contributed by atoms with E-state index in [9.17, 15) is 14.0 Å². The van der Waals surface area contributed by atoms with E-state index < -0.39 is 12.4 Å². The molecule has 1 N–H and O–H groups in total. The van der Waals surface area contributed by atoms with Crippen molar-refractivity contribution in [2.24, 2.45) is 0 Å². The molecule has 2 rings (SSSR count). The van der Waals surface area contributed by atoms with Crippen molar-refractivity contribution < 1.29 is 23.9 Å². The molecule has 0 aromatic heterocycles. The highest BCUT2D eigenvalue weighted by molar-refractivity contribution is 5.73. The molecule has 0 fully saturated rings. The smallest absolute Gasteiger partial charge is 0.310 e. The maximum absolute atomic E-state index is 13.3. The minimum Gasteiger partial charge on any atom is -0.481 e. The third-order valence-electron chi connectivity index (χ3n) is 3.46. The van der Waals surface area contributed by atoms with Crippen molar-refractivity contribution in [2.45, 2.75) is 19.4 Å². The van der Waals surface area contributed by atoms with Crippen molar-refractivity contribution >= 4 is 11.9 Å². The molecule has 0 aliphatic carbocycles. The summed E-state index contributed by atoms with van der Waals surface area (Å²) in [6.07, 6.45) is -0.112. The minimum absolute atomic E-state index is 0.111. The van der Waals surface area contributed by atoms with Crippen molar-refractivity contribution in [3.8, 4) is 0 Å². The van der Waals surface area contributed by atoms with Gasteiger partial charge in [0.15, 0.2) is 0 Å². The monoisotopic (exact) mass is 343 g/mol. The molecule has 6 heteroatoms. The second-order valence-corrected chi connectivity index (χ2v) is 5.36. The number of hydrogen-bond acceptors (Lipinski definition) is 4. The average molecular weight is 343 g/mol. The molecular formula is C19H18FNO4. The Hall–Kier alpha value is -2.95. The normalized spacial score (nSPS) is 10.1. The summed E-state index contributed by atoms with van der Waals surface area (Å²) in [6.45, 7) is 0.378. The predicted molar refractivity (Wildman–Crippen MR) is 89.5 cm³/mol. The van der Waals surface area contributed by atoms with Gasteiger partial charge in [-0.1, -0.05) is 42.5 Å². The molecule has 0 radical (unpaired) electrons. The van der Waals surface area contributed by atoms with E-state index in [1.54, 1.807) is 18.1 Å². The first-order chi connectivity index (χ1) is 12.1. The molecule has 130 valence electrons. The van der Waals surface area contributed by atoms with Crippen LogP contribution in [0.4, 0.5) is 4.39 Å². The zero-order chi connectivity index (χ0) is 18.1. The Morgan fingerprint density at radius 3 is 2.48 bits per heavy atom. The fourth-order valence-corrected chi connectivity index (χ4v) is 2.25. The van der Waals surface area contributed by atoms with Crippen molar-refractivity contribution in [3.05, 3.63) is 77.2 Å². The summed E-state index contributed by atoms with van der Waals surface area (Å²) in [5, 5.41) is 10.2. The third kappa shape index (κ3) is 6.22. The van der Waals surface area contributed by atoms with Crippen LogP contribution in [0.25, 0.3) is 0 Å². The zero-order valence-corrected chi connectivity index (χ0v) is 13.5. The summed E-state index contributed by atoms with van der Waals surface area (Å²) in [5.74, 6) is 0.119. The van der Waals surface area contributed by atoms with Gasteiger partial charge in [-0.3, -0.25) is 9.63 Å². The van der Waals surface area contributed by atoms with Gasteiger partial charge >= 0.3 is 5.97 Å². The predicted octanol–water partition coefficient (Wildman–Crippen LogP) is 2.99. The van der Waals surface area contributed by atoms with Gasteiger partial charge in [-0.25, -0.2) is 14.2 Å². The maximum Gasteiger partial charge on any atom is 0.310 e. The van der Waals surface area contributed by atoms with Crippen LogP contribution in [0.1, 0.15) is 17.5 Å².